The summed E-state index contributed by atoms with van der Waals surface area (Å²) in [5.41, 5.74) is -0.156. The van der Waals surface area contributed by atoms with Crippen LogP contribution in [0.3, 0.4) is 0 Å². The van der Waals surface area contributed by atoms with E-state index in [9.17, 15) is 20.0 Å². The lowest BCUT2D eigenvalue weighted by Gasteiger charge is -2.04. The fraction of sp³-hybridized carbons (Fsp3) is 0. The Hall–Kier alpha value is -3.15. The van der Waals surface area contributed by atoms with E-state index in [0.717, 1.165) is 0 Å². The third-order valence-electron chi connectivity index (χ3n) is 3.08. The predicted molar refractivity (Wildman–Crippen MR) is 76.2 cm³/mol. The fourth-order valence-electron chi connectivity index (χ4n) is 2.12. The molecule has 104 valence electrons. The number of benzene rings is 2. The lowest BCUT2D eigenvalue weighted by Crippen LogP contribution is -2.01. The van der Waals surface area contributed by atoms with Crippen molar-refractivity contribution in [1.29, 1.82) is 0 Å². The molecule has 0 radical (unpaired) electrons. The first kappa shape index (κ1) is 12.9. The molecule has 21 heavy (non-hydrogen) atoms. The van der Waals surface area contributed by atoms with Crippen LogP contribution >= 0.6 is 0 Å². The highest BCUT2D eigenvalue weighted by Crippen LogP contribution is 2.33. The van der Waals surface area contributed by atoms with Crippen LogP contribution in [0.5, 0.6) is 5.75 Å². The quantitative estimate of drug-likeness (QED) is 0.576. The van der Waals surface area contributed by atoms with Gasteiger partial charge in [0.15, 0.2) is 5.43 Å². The van der Waals surface area contributed by atoms with E-state index in [1.807, 2.05) is 0 Å². The zero-order valence-electron chi connectivity index (χ0n) is 10.6. The number of nitro groups is 1. The summed E-state index contributed by atoms with van der Waals surface area (Å²) in [6.07, 6.45) is 0. The number of nitrogens with zero attached hydrogens (tertiary/aromatic N) is 1. The van der Waals surface area contributed by atoms with Gasteiger partial charge in [-0.1, -0.05) is 12.1 Å². The van der Waals surface area contributed by atoms with Gasteiger partial charge >= 0.3 is 0 Å². The second-order valence-electron chi connectivity index (χ2n) is 4.43. The number of hydrogen-bond acceptors (Lipinski definition) is 5. The molecular formula is C15H9NO5. The van der Waals surface area contributed by atoms with Crippen LogP contribution < -0.4 is 5.43 Å². The van der Waals surface area contributed by atoms with Gasteiger partial charge in [-0.05, 0) is 24.3 Å². The average molecular weight is 283 g/mol. The number of hydrogen-bond donors (Lipinski definition) is 1. The number of aromatic hydroxyl groups is 1. The standard InChI is InChI=1S/C15H9NO5/c17-9-5-6-12(16(19)20)11(7-9)15-8-13(18)10-3-1-2-4-14(10)21-15/h1-8,17H. The van der Waals surface area contributed by atoms with Gasteiger partial charge in [0.2, 0.25) is 0 Å². The van der Waals surface area contributed by atoms with E-state index in [1.54, 1.807) is 24.3 Å². The van der Waals surface area contributed by atoms with E-state index in [4.69, 9.17) is 4.42 Å². The van der Waals surface area contributed by atoms with Crippen molar-refractivity contribution in [2.75, 3.05) is 0 Å². The predicted octanol–water partition coefficient (Wildman–Crippen LogP) is 3.07. The zero-order chi connectivity index (χ0) is 15.0. The Morgan fingerprint density at radius 1 is 1.10 bits per heavy atom. The second kappa shape index (κ2) is 4.75. The Morgan fingerprint density at radius 3 is 2.62 bits per heavy atom. The van der Waals surface area contributed by atoms with E-state index < -0.39 is 4.92 Å². The first-order valence-electron chi connectivity index (χ1n) is 6.07. The van der Waals surface area contributed by atoms with Crippen molar-refractivity contribution in [3.63, 3.8) is 0 Å². The molecule has 3 aromatic rings. The molecule has 0 aliphatic heterocycles. The fourth-order valence-corrected chi connectivity index (χ4v) is 2.12. The molecule has 0 saturated heterocycles. The Kier molecular flexibility index (Phi) is 2.91. The molecule has 0 bridgehead atoms. The van der Waals surface area contributed by atoms with Crippen molar-refractivity contribution in [3.8, 4) is 17.1 Å². The monoisotopic (exact) mass is 283 g/mol. The summed E-state index contributed by atoms with van der Waals surface area (Å²) in [6, 6.07) is 11.4. The number of phenolic OH excluding ortho intramolecular Hbond substituents is 1. The summed E-state index contributed by atoms with van der Waals surface area (Å²) in [5, 5.41) is 21.0. The summed E-state index contributed by atoms with van der Waals surface area (Å²) in [4.78, 5) is 22.5. The summed E-state index contributed by atoms with van der Waals surface area (Å²) >= 11 is 0. The largest absolute Gasteiger partial charge is 0.508 e. The van der Waals surface area contributed by atoms with Crippen LogP contribution in [0.1, 0.15) is 0 Å². The molecule has 0 saturated carbocycles. The van der Waals surface area contributed by atoms with Crippen molar-refractivity contribution in [2.45, 2.75) is 0 Å². The Labute approximate surface area is 118 Å². The van der Waals surface area contributed by atoms with Crippen LogP contribution in [-0.2, 0) is 0 Å². The van der Waals surface area contributed by atoms with Gasteiger partial charge in [-0.3, -0.25) is 14.9 Å². The second-order valence-corrected chi connectivity index (χ2v) is 4.43. The van der Waals surface area contributed by atoms with Gasteiger partial charge in [0, 0.05) is 12.1 Å². The SMILES string of the molecule is O=c1cc(-c2cc(O)ccc2[N+](=O)[O-])oc2ccccc12. The number of fused-ring (bicyclic) bond motifs is 1. The molecule has 0 spiro atoms. The minimum Gasteiger partial charge on any atom is -0.508 e. The molecule has 6 nitrogen and oxygen atoms in total. The van der Waals surface area contributed by atoms with E-state index in [-0.39, 0.29) is 28.2 Å². The minimum atomic E-state index is -0.593. The normalized spacial score (nSPS) is 10.7. The molecule has 0 amide bonds. The molecule has 0 fully saturated rings. The lowest BCUT2D eigenvalue weighted by molar-refractivity contribution is -0.384. The lowest BCUT2D eigenvalue weighted by atomic mass is 10.1. The summed E-state index contributed by atoms with van der Waals surface area (Å²) in [7, 11) is 0. The molecule has 0 aliphatic carbocycles. The van der Waals surface area contributed by atoms with Crippen molar-refractivity contribution < 1.29 is 14.4 Å². The zero-order valence-corrected chi connectivity index (χ0v) is 10.6. The van der Waals surface area contributed by atoms with Crippen molar-refractivity contribution in [3.05, 3.63) is 68.9 Å². The molecule has 0 atom stereocenters. The third-order valence-corrected chi connectivity index (χ3v) is 3.08. The number of phenols is 1. The molecule has 2 aromatic carbocycles. The molecule has 1 N–H and O–H groups in total. The van der Waals surface area contributed by atoms with Gasteiger partial charge < -0.3 is 9.52 Å². The molecular weight excluding hydrogens is 274 g/mol. The van der Waals surface area contributed by atoms with Gasteiger partial charge in [-0.15, -0.1) is 0 Å². The maximum Gasteiger partial charge on any atom is 0.280 e. The van der Waals surface area contributed by atoms with Crippen molar-refractivity contribution in [2.24, 2.45) is 0 Å². The Balaban J connectivity index is 2.33. The first-order valence-corrected chi connectivity index (χ1v) is 6.07. The molecule has 1 heterocycles. The van der Waals surface area contributed by atoms with Crippen LogP contribution in [0.4, 0.5) is 5.69 Å². The van der Waals surface area contributed by atoms with Crippen molar-refractivity contribution in [1.82, 2.24) is 0 Å². The minimum absolute atomic E-state index is 0.0429. The molecule has 3 rings (SSSR count). The van der Waals surface area contributed by atoms with Crippen LogP contribution in [0.25, 0.3) is 22.3 Å². The van der Waals surface area contributed by atoms with E-state index in [0.29, 0.717) is 11.0 Å². The van der Waals surface area contributed by atoms with Gasteiger partial charge in [0.25, 0.3) is 5.69 Å². The topological polar surface area (TPSA) is 93.6 Å². The highest BCUT2D eigenvalue weighted by molar-refractivity contribution is 5.80. The van der Waals surface area contributed by atoms with Crippen LogP contribution in [0.2, 0.25) is 0 Å². The van der Waals surface area contributed by atoms with Gasteiger partial charge in [-0.25, -0.2) is 0 Å². The van der Waals surface area contributed by atoms with E-state index in [2.05, 4.69) is 0 Å². The molecule has 0 aliphatic rings. The van der Waals surface area contributed by atoms with Crippen LogP contribution in [-0.4, -0.2) is 10.0 Å². The number of nitro benzene ring substituents is 1. The van der Waals surface area contributed by atoms with E-state index in [1.165, 1.54) is 24.3 Å². The molecule has 0 unspecified atom stereocenters. The maximum absolute atomic E-state index is 12.0. The van der Waals surface area contributed by atoms with Gasteiger partial charge in [0.1, 0.15) is 17.1 Å². The van der Waals surface area contributed by atoms with Crippen LogP contribution in [0.15, 0.2) is 57.7 Å². The van der Waals surface area contributed by atoms with Gasteiger partial charge in [0.05, 0.1) is 15.9 Å². The molecule has 6 heteroatoms. The Bertz CT molecular complexity index is 913. The molecule has 1 aromatic heterocycles. The summed E-state index contributed by atoms with van der Waals surface area (Å²) in [5.74, 6) is -0.104. The van der Waals surface area contributed by atoms with Crippen molar-refractivity contribution >= 4 is 16.7 Å². The average Bonchev–Trinajstić information content (AvgIpc) is 2.46. The first-order chi connectivity index (χ1) is 10.1. The number of para-hydroxylation sites is 1. The number of rotatable bonds is 2. The summed E-state index contributed by atoms with van der Waals surface area (Å²) < 4.78 is 5.56. The highest BCUT2D eigenvalue weighted by atomic mass is 16.6. The van der Waals surface area contributed by atoms with E-state index >= 15 is 0 Å². The van der Waals surface area contributed by atoms with Gasteiger partial charge in [-0.2, -0.15) is 0 Å². The maximum atomic E-state index is 12.0. The Morgan fingerprint density at radius 2 is 1.86 bits per heavy atom. The summed E-state index contributed by atoms with van der Waals surface area (Å²) in [6.45, 7) is 0. The third kappa shape index (κ3) is 2.23. The smallest absolute Gasteiger partial charge is 0.280 e. The highest BCUT2D eigenvalue weighted by Gasteiger charge is 2.19. The van der Waals surface area contributed by atoms with Crippen LogP contribution in [0, 0.1) is 10.1 Å².